The van der Waals surface area contributed by atoms with Crippen molar-refractivity contribution in [3.63, 3.8) is 0 Å². The molecule has 0 bridgehead atoms. The summed E-state index contributed by atoms with van der Waals surface area (Å²) in [6.45, 7) is 1.68. The van der Waals surface area contributed by atoms with Crippen LogP contribution in [0, 0.1) is 12.8 Å². The molecule has 0 spiro atoms. The summed E-state index contributed by atoms with van der Waals surface area (Å²) < 4.78 is 0. The average molecular weight is 278 g/mol. The van der Waals surface area contributed by atoms with Crippen molar-refractivity contribution in [2.45, 2.75) is 51.9 Å². The number of hydrogen-bond acceptors (Lipinski definition) is 2. The van der Waals surface area contributed by atoms with Crippen molar-refractivity contribution in [2.75, 3.05) is 5.32 Å². The van der Waals surface area contributed by atoms with Gasteiger partial charge in [-0.25, -0.2) is 4.79 Å². The van der Waals surface area contributed by atoms with E-state index in [4.69, 9.17) is 5.11 Å². The summed E-state index contributed by atoms with van der Waals surface area (Å²) in [5.41, 5.74) is 1.07. The summed E-state index contributed by atoms with van der Waals surface area (Å²) in [4.78, 5) is 25.9. The van der Waals surface area contributed by atoms with Crippen LogP contribution in [0.5, 0.6) is 0 Å². The standard InChI is InChI=1S/C15H22N2O3/c1-10-14(15(19)20)12(9-16-10)17-13(18)8-7-11-5-3-2-4-6-11/h9,11,16H,2-8H2,1H3,(H,17,18)(H,19,20). The van der Waals surface area contributed by atoms with E-state index in [9.17, 15) is 9.59 Å². The molecule has 1 fully saturated rings. The highest BCUT2D eigenvalue weighted by Gasteiger charge is 2.18. The molecule has 1 amide bonds. The van der Waals surface area contributed by atoms with E-state index < -0.39 is 5.97 Å². The zero-order chi connectivity index (χ0) is 14.5. The molecule has 3 N–H and O–H groups in total. The molecule has 1 aliphatic carbocycles. The molecule has 2 rings (SSSR count). The van der Waals surface area contributed by atoms with Crippen LogP contribution in [-0.2, 0) is 4.79 Å². The fraction of sp³-hybridized carbons (Fsp3) is 0.600. The Morgan fingerprint density at radius 3 is 2.70 bits per heavy atom. The Bertz CT molecular complexity index is 487. The van der Waals surface area contributed by atoms with Crippen molar-refractivity contribution >= 4 is 17.6 Å². The number of nitrogens with one attached hydrogen (secondary N) is 2. The quantitative estimate of drug-likeness (QED) is 0.772. The van der Waals surface area contributed by atoms with Crippen molar-refractivity contribution in [3.8, 4) is 0 Å². The molecule has 0 aliphatic heterocycles. The molecule has 0 saturated heterocycles. The second kappa shape index (κ2) is 6.59. The first-order valence-electron chi connectivity index (χ1n) is 7.29. The maximum atomic E-state index is 11.9. The number of aryl methyl sites for hydroxylation is 1. The molecule has 1 aromatic heterocycles. The van der Waals surface area contributed by atoms with Crippen LogP contribution in [0.4, 0.5) is 5.69 Å². The third-order valence-corrected chi connectivity index (χ3v) is 4.07. The van der Waals surface area contributed by atoms with Crippen LogP contribution < -0.4 is 5.32 Å². The Kier molecular flexibility index (Phi) is 4.82. The average Bonchev–Trinajstić information content (AvgIpc) is 2.78. The van der Waals surface area contributed by atoms with Gasteiger partial charge in [0.2, 0.25) is 5.91 Å². The lowest BCUT2D eigenvalue weighted by atomic mass is 9.86. The van der Waals surface area contributed by atoms with E-state index >= 15 is 0 Å². The number of aromatic carboxylic acids is 1. The van der Waals surface area contributed by atoms with E-state index in [0.717, 1.165) is 6.42 Å². The lowest BCUT2D eigenvalue weighted by molar-refractivity contribution is -0.116. The highest BCUT2D eigenvalue weighted by Crippen LogP contribution is 2.27. The second-order valence-corrected chi connectivity index (χ2v) is 5.60. The molecule has 0 radical (unpaired) electrons. The molecule has 5 heteroatoms. The minimum Gasteiger partial charge on any atom is -0.478 e. The van der Waals surface area contributed by atoms with Gasteiger partial charge in [0, 0.05) is 18.3 Å². The van der Waals surface area contributed by atoms with E-state index in [1.165, 1.54) is 38.3 Å². The van der Waals surface area contributed by atoms with Crippen molar-refractivity contribution in [2.24, 2.45) is 5.92 Å². The third kappa shape index (κ3) is 3.62. The number of anilines is 1. The van der Waals surface area contributed by atoms with E-state index in [2.05, 4.69) is 10.3 Å². The number of carboxylic acid groups (broad SMARTS) is 1. The number of H-pyrrole nitrogens is 1. The monoisotopic (exact) mass is 278 g/mol. The van der Waals surface area contributed by atoms with Crippen molar-refractivity contribution < 1.29 is 14.7 Å². The maximum absolute atomic E-state index is 11.9. The molecule has 1 saturated carbocycles. The van der Waals surface area contributed by atoms with Crippen LogP contribution >= 0.6 is 0 Å². The van der Waals surface area contributed by atoms with Crippen LogP contribution in [0.15, 0.2) is 6.20 Å². The van der Waals surface area contributed by atoms with Crippen LogP contribution in [0.2, 0.25) is 0 Å². The molecule has 0 atom stereocenters. The number of aromatic amines is 1. The Labute approximate surface area is 118 Å². The van der Waals surface area contributed by atoms with Gasteiger partial charge in [0.25, 0.3) is 0 Å². The third-order valence-electron chi connectivity index (χ3n) is 4.07. The van der Waals surface area contributed by atoms with Gasteiger partial charge in [-0.1, -0.05) is 32.1 Å². The topological polar surface area (TPSA) is 82.2 Å². The minimum atomic E-state index is -1.02. The number of rotatable bonds is 5. The smallest absolute Gasteiger partial charge is 0.339 e. The number of carbonyl (C=O) groups is 2. The SMILES string of the molecule is Cc1[nH]cc(NC(=O)CCC2CCCCC2)c1C(=O)O. The Morgan fingerprint density at radius 2 is 2.05 bits per heavy atom. The number of aromatic nitrogens is 1. The van der Waals surface area contributed by atoms with Gasteiger partial charge in [-0.05, 0) is 19.3 Å². The van der Waals surface area contributed by atoms with Crippen molar-refractivity contribution in [1.82, 2.24) is 4.98 Å². The number of carboxylic acids is 1. The van der Waals surface area contributed by atoms with Crippen molar-refractivity contribution in [3.05, 3.63) is 17.5 Å². The fourth-order valence-electron chi connectivity index (χ4n) is 2.92. The van der Waals surface area contributed by atoms with Gasteiger partial charge < -0.3 is 15.4 Å². The van der Waals surface area contributed by atoms with Crippen LogP contribution in [0.25, 0.3) is 0 Å². The molecule has 5 nitrogen and oxygen atoms in total. The van der Waals surface area contributed by atoms with Gasteiger partial charge in [-0.2, -0.15) is 0 Å². The molecule has 110 valence electrons. The zero-order valence-electron chi connectivity index (χ0n) is 11.9. The summed E-state index contributed by atoms with van der Waals surface area (Å²) in [5, 5.41) is 11.8. The van der Waals surface area contributed by atoms with Gasteiger partial charge in [-0.15, -0.1) is 0 Å². The molecule has 0 aromatic carbocycles. The molecular weight excluding hydrogens is 256 g/mol. The van der Waals surface area contributed by atoms with Gasteiger partial charge in [0.1, 0.15) is 5.56 Å². The van der Waals surface area contributed by atoms with E-state index in [0.29, 0.717) is 23.7 Å². The largest absolute Gasteiger partial charge is 0.478 e. The van der Waals surface area contributed by atoms with Crippen LogP contribution in [0.3, 0.4) is 0 Å². The summed E-state index contributed by atoms with van der Waals surface area (Å²) in [7, 11) is 0. The number of hydrogen-bond donors (Lipinski definition) is 3. The zero-order valence-corrected chi connectivity index (χ0v) is 11.9. The van der Waals surface area contributed by atoms with E-state index in [1.54, 1.807) is 6.92 Å². The first kappa shape index (κ1) is 14.6. The first-order chi connectivity index (χ1) is 9.58. The predicted octanol–water partition coefficient (Wildman–Crippen LogP) is 3.32. The molecule has 20 heavy (non-hydrogen) atoms. The van der Waals surface area contributed by atoms with Gasteiger partial charge in [0.05, 0.1) is 5.69 Å². The number of amides is 1. The minimum absolute atomic E-state index is 0.0999. The number of carbonyl (C=O) groups excluding carboxylic acids is 1. The Morgan fingerprint density at radius 1 is 1.35 bits per heavy atom. The highest BCUT2D eigenvalue weighted by atomic mass is 16.4. The van der Waals surface area contributed by atoms with Crippen LogP contribution in [-0.4, -0.2) is 22.0 Å². The van der Waals surface area contributed by atoms with Gasteiger partial charge in [0.15, 0.2) is 0 Å². The molecule has 1 heterocycles. The highest BCUT2D eigenvalue weighted by molar-refractivity contribution is 6.01. The fourth-order valence-corrected chi connectivity index (χ4v) is 2.92. The lowest BCUT2D eigenvalue weighted by Gasteiger charge is -2.20. The Hall–Kier alpha value is -1.78. The second-order valence-electron chi connectivity index (χ2n) is 5.60. The van der Waals surface area contributed by atoms with Gasteiger partial charge in [-0.3, -0.25) is 4.79 Å². The van der Waals surface area contributed by atoms with Gasteiger partial charge >= 0.3 is 5.97 Å². The molecule has 1 aliphatic rings. The summed E-state index contributed by atoms with van der Waals surface area (Å²) in [6, 6.07) is 0. The molecule has 0 unspecified atom stereocenters. The van der Waals surface area contributed by atoms with E-state index in [1.807, 2.05) is 0 Å². The van der Waals surface area contributed by atoms with Crippen LogP contribution in [0.1, 0.15) is 61.0 Å². The van der Waals surface area contributed by atoms with E-state index in [-0.39, 0.29) is 11.5 Å². The Balaban J connectivity index is 1.86. The normalized spacial score (nSPS) is 16.1. The molecule has 1 aromatic rings. The molecular formula is C15H22N2O3. The summed E-state index contributed by atoms with van der Waals surface area (Å²) >= 11 is 0. The summed E-state index contributed by atoms with van der Waals surface area (Å²) in [5.74, 6) is -0.468. The predicted molar refractivity (Wildman–Crippen MR) is 76.9 cm³/mol. The first-order valence-corrected chi connectivity index (χ1v) is 7.29. The lowest BCUT2D eigenvalue weighted by Crippen LogP contribution is -2.16. The van der Waals surface area contributed by atoms with Crippen molar-refractivity contribution in [1.29, 1.82) is 0 Å². The summed E-state index contributed by atoms with van der Waals surface area (Å²) in [6.07, 6.45) is 9.20. The maximum Gasteiger partial charge on any atom is 0.339 e.